The van der Waals surface area contributed by atoms with E-state index in [1.54, 1.807) is 30.3 Å². The number of carbonyl (C=O) groups excluding carboxylic acids is 1. The third-order valence-corrected chi connectivity index (χ3v) is 3.45. The van der Waals surface area contributed by atoms with Crippen molar-refractivity contribution in [3.8, 4) is 5.75 Å². The van der Waals surface area contributed by atoms with Gasteiger partial charge in [0.25, 0.3) is 5.91 Å². The summed E-state index contributed by atoms with van der Waals surface area (Å²) >= 11 is 0. The number of amides is 1. The molecule has 136 valence electrons. The summed E-state index contributed by atoms with van der Waals surface area (Å²) in [6, 6.07) is 13.2. The molecule has 2 N–H and O–H groups in total. The number of hydrogen-bond donors (Lipinski definition) is 2. The first kappa shape index (κ1) is 20.9. The second kappa shape index (κ2) is 11.4. The number of hydrogen-bond acceptors (Lipinski definition) is 3. The molecule has 2 rings (SSSR count). The molecular weight excluding hydrogens is 343 g/mol. The number of ether oxygens (including phenoxy) is 1. The Morgan fingerprint density at radius 2 is 1.76 bits per heavy atom. The highest BCUT2D eigenvalue weighted by Crippen LogP contribution is 2.19. The van der Waals surface area contributed by atoms with Gasteiger partial charge in [-0.1, -0.05) is 31.2 Å². The molecule has 4 nitrogen and oxygen atoms in total. The fraction of sp³-hybridized carbons (Fsp3) is 0.316. The van der Waals surface area contributed by atoms with Gasteiger partial charge in [0.15, 0.2) is 0 Å². The molecule has 0 unspecified atom stereocenters. The Bertz CT molecular complexity index is 650. The number of para-hydroxylation sites is 1. The van der Waals surface area contributed by atoms with Crippen molar-refractivity contribution in [2.75, 3.05) is 19.6 Å². The topological polar surface area (TPSA) is 50.4 Å². The predicted molar refractivity (Wildman–Crippen MR) is 99.9 cm³/mol. The van der Waals surface area contributed by atoms with Gasteiger partial charge in [-0.25, -0.2) is 4.39 Å². The van der Waals surface area contributed by atoms with Gasteiger partial charge in [-0.2, -0.15) is 0 Å². The smallest absolute Gasteiger partial charge is 0.255 e. The summed E-state index contributed by atoms with van der Waals surface area (Å²) in [5, 5.41) is 6.10. The van der Waals surface area contributed by atoms with Gasteiger partial charge in [0.05, 0.1) is 5.56 Å². The number of halogens is 2. The monoisotopic (exact) mass is 366 g/mol. The van der Waals surface area contributed by atoms with Crippen LogP contribution in [0, 0.1) is 5.82 Å². The highest BCUT2D eigenvalue weighted by molar-refractivity contribution is 5.96. The van der Waals surface area contributed by atoms with Crippen molar-refractivity contribution in [2.45, 2.75) is 20.0 Å². The molecule has 0 aliphatic rings. The van der Waals surface area contributed by atoms with Crippen molar-refractivity contribution in [3.63, 3.8) is 0 Å². The van der Waals surface area contributed by atoms with Crippen molar-refractivity contribution in [3.05, 3.63) is 65.5 Å². The molecule has 0 aliphatic carbocycles. The van der Waals surface area contributed by atoms with Gasteiger partial charge in [-0.3, -0.25) is 4.79 Å². The van der Waals surface area contributed by atoms with E-state index in [-0.39, 0.29) is 30.7 Å². The van der Waals surface area contributed by atoms with Crippen LogP contribution in [0.25, 0.3) is 0 Å². The average molecular weight is 367 g/mol. The molecule has 0 aromatic heterocycles. The third kappa shape index (κ3) is 7.11. The van der Waals surface area contributed by atoms with Crippen LogP contribution >= 0.6 is 12.4 Å². The lowest BCUT2D eigenvalue weighted by molar-refractivity contribution is 0.0949. The van der Waals surface area contributed by atoms with Gasteiger partial charge in [-0.05, 0) is 42.8 Å². The molecular formula is C19H24ClFN2O2. The Morgan fingerprint density at radius 3 is 2.48 bits per heavy atom. The Balaban J connectivity index is 0.00000312. The number of carbonyl (C=O) groups is 1. The quantitative estimate of drug-likeness (QED) is 0.667. The molecule has 2 aromatic rings. The first-order valence-corrected chi connectivity index (χ1v) is 8.16. The van der Waals surface area contributed by atoms with E-state index in [2.05, 4.69) is 17.6 Å². The number of rotatable bonds is 9. The van der Waals surface area contributed by atoms with Gasteiger partial charge < -0.3 is 15.4 Å². The lowest BCUT2D eigenvalue weighted by Crippen LogP contribution is -2.32. The lowest BCUT2D eigenvalue weighted by Gasteiger charge is -2.12. The predicted octanol–water partition coefficient (Wildman–Crippen LogP) is 3.56. The van der Waals surface area contributed by atoms with Crippen LogP contribution in [0.5, 0.6) is 5.75 Å². The molecule has 0 fully saturated rings. The van der Waals surface area contributed by atoms with E-state index in [0.717, 1.165) is 25.1 Å². The molecule has 1 amide bonds. The number of nitrogens with one attached hydrogen (secondary N) is 2. The van der Waals surface area contributed by atoms with Crippen molar-refractivity contribution in [1.82, 2.24) is 10.6 Å². The van der Waals surface area contributed by atoms with Crippen LogP contribution in [0.3, 0.4) is 0 Å². The van der Waals surface area contributed by atoms with Crippen LogP contribution in [0.2, 0.25) is 0 Å². The maximum Gasteiger partial charge on any atom is 0.255 e. The fourth-order valence-corrected chi connectivity index (χ4v) is 2.18. The van der Waals surface area contributed by atoms with Gasteiger partial charge in [0, 0.05) is 13.1 Å². The zero-order valence-electron chi connectivity index (χ0n) is 14.3. The zero-order valence-corrected chi connectivity index (χ0v) is 15.1. The summed E-state index contributed by atoms with van der Waals surface area (Å²) in [6.07, 6.45) is 1.06. The molecule has 0 aliphatic heterocycles. The first-order chi connectivity index (χ1) is 11.7. The third-order valence-electron chi connectivity index (χ3n) is 3.45. The zero-order chi connectivity index (χ0) is 17.2. The van der Waals surface area contributed by atoms with E-state index in [1.165, 1.54) is 12.1 Å². The summed E-state index contributed by atoms with van der Waals surface area (Å²) < 4.78 is 18.6. The van der Waals surface area contributed by atoms with Crippen LogP contribution in [0.4, 0.5) is 4.39 Å². The molecule has 0 saturated carbocycles. The summed E-state index contributed by atoms with van der Waals surface area (Å²) in [5.41, 5.74) is 1.34. The Hall–Kier alpha value is -2.11. The summed E-state index contributed by atoms with van der Waals surface area (Å²) in [6.45, 7) is 4.61. The van der Waals surface area contributed by atoms with Gasteiger partial charge in [0.1, 0.15) is 18.2 Å². The van der Waals surface area contributed by atoms with Crippen LogP contribution in [-0.4, -0.2) is 25.5 Å². The Morgan fingerprint density at radius 1 is 1.04 bits per heavy atom. The Kier molecular flexibility index (Phi) is 9.58. The maximum atomic E-state index is 12.9. The molecule has 25 heavy (non-hydrogen) atoms. The minimum atomic E-state index is -0.282. The molecule has 2 aromatic carbocycles. The molecule has 0 atom stereocenters. The van der Waals surface area contributed by atoms with Crippen LogP contribution < -0.4 is 15.4 Å². The molecule has 0 heterocycles. The van der Waals surface area contributed by atoms with Gasteiger partial charge in [0.2, 0.25) is 0 Å². The van der Waals surface area contributed by atoms with Crippen LogP contribution in [0.1, 0.15) is 29.3 Å². The normalized spacial score (nSPS) is 10.0. The lowest BCUT2D eigenvalue weighted by atomic mass is 10.2. The molecule has 0 saturated heterocycles. The molecule has 0 bridgehead atoms. The van der Waals surface area contributed by atoms with E-state index in [1.807, 2.05) is 6.07 Å². The molecule has 6 heteroatoms. The van der Waals surface area contributed by atoms with E-state index in [4.69, 9.17) is 4.74 Å². The molecule has 0 spiro atoms. The SMILES string of the molecule is CCCNCCNC(=O)c1ccccc1OCc1ccc(F)cc1.Cl. The van der Waals surface area contributed by atoms with Crippen molar-refractivity contribution >= 4 is 18.3 Å². The van der Waals surface area contributed by atoms with Crippen molar-refractivity contribution in [1.29, 1.82) is 0 Å². The van der Waals surface area contributed by atoms with Gasteiger partial charge in [-0.15, -0.1) is 12.4 Å². The standard InChI is InChI=1S/C19H23FN2O2.ClH/c1-2-11-21-12-13-22-19(23)17-5-3-4-6-18(17)24-14-15-7-9-16(20)10-8-15;/h3-10,21H,2,11-14H2,1H3,(H,22,23);1H. The first-order valence-electron chi connectivity index (χ1n) is 8.16. The highest BCUT2D eigenvalue weighted by Gasteiger charge is 2.11. The fourth-order valence-electron chi connectivity index (χ4n) is 2.18. The van der Waals surface area contributed by atoms with E-state index in [9.17, 15) is 9.18 Å². The summed E-state index contributed by atoms with van der Waals surface area (Å²) in [4.78, 5) is 12.3. The van der Waals surface area contributed by atoms with Crippen LogP contribution in [0.15, 0.2) is 48.5 Å². The maximum absolute atomic E-state index is 12.9. The minimum absolute atomic E-state index is 0. The second-order valence-electron chi connectivity index (χ2n) is 5.42. The van der Waals surface area contributed by atoms with E-state index >= 15 is 0 Å². The Labute approximate surface area is 154 Å². The van der Waals surface area contributed by atoms with Crippen molar-refractivity contribution in [2.24, 2.45) is 0 Å². The van der Waals surface area contributed by atoms with E-state index in [0.29, 0.717) is 17.9 Å². The summed E-state index contributed by atoms with van der Waals surface area (Å²) in [5.74, 6) is 0.0686. The van der Waals surface area contributed by atoms with Crippen molar-refractivity contribution < 1.29 is 13.9 Å². The summed E-state index contributed by atoms with van der Waals surface area (Å²) in [7, 11) is 0. The average Bonchev–Trinajstić information content (AvgIpc) is 2.61. The highest BCUT2D eigenvalue weighted by atomic mass is 35.5. The number of benzene rings is 2. The van der Waals surface area contributed by atoms with Crippen LogP contribution in [-0.2, 0) is 6.61 Å². The second-order valence-corrected chi connectivity index (χ2v) is 5.42. The largest absolute Gasteiger partial charge is 0.488 e. The van der Waals surface area contributed by atoms with Gasteiger partial charge >= 0.3 is 0 Å². The minimum Gasteiger partial charge on any atom is -0.488 e. The van der Waals surface area contributed by atoms with E-state index < -0.39 is 0 Å². The molecule has 0 radical (unpaired) electrons.